The van der Waals surface area contributed by atoms with E-state index in [9.17, 15) is 0 Å². The number of rotatable bonds is 3. The number of nitrogens with zero attached hydrogens (tertiary/aromatic N) is 3. The second kappa shape index (κ2) is 9.67. The minimum Gasteiger partial charge on any atom is -0.208 e. The summed E-state index contributed by atoms with van der Waals surface area (Å²) in [5, 5.41) is 7.09. The van der Waals surface area contributed by atoms with Crippen LogP contribution in [0.3, 0.4) is 0 Å². The van der Waals surface area contributed by atoms with E-state index in [2.05, 4.69) is 153 Å². The molecule has 0 fully saturated rings. The Bertz CT molecular complexity index is 2470. The third-order valence-electron chi connectivity index (χ3n) is 9.47. The summed E-state index contributed by atoms with van der Waals surface area (Å²) in [5.74, 6) is 2.01. The van der Waals surface area contributed by atoms with Crippen LogP contribution in [0.5, 0.6) is 0 Å². The Hall–Kier alpha value is -5.67. The molecule has 8 aromatic rings. The Morgan fingerprint density at radius 1 is 0.400 bits per heavy atom. The summed E-state index contributed by atoms with van der Waals surface area (Å²) in [7, 11) is 0. The third kappa shape index (κ3) is 4.01. The van der Waals surface area contributed by atoms with E-state index in [0.717, 1.165) is 32.8 Å². The molecule has 0 saturated carbocycles. The molecule has 3 nitrogen and oxygen atoms in total. The quantitative estimate of drug-likeness (QED) is 0.210. The van der Waals surface area contributed by atoms with Crippen LogP contribution in [-0.2, 0) is 5.41 Å². The summed E-state index contributed by atoms with van der Waals surface area (Å²) in [6.07, 6.45) is 0. The molecule has 1 aliphatic rings. The van der Waals surface area contributed by atoms with Crippen molar-refractivity contribution in [3.05, 3.63) is 151 Å². The van der Waals surface area contributed by atoms with Gasteiger partial charge in [-0.2, -0.15) is 0 Å². The molecule has 0 unspecified atom stereocenters. The van der Waals surface area contributed by atoms with Gasteiger partial charge in [0.15, 0.2) is 17.5 Å². The van der Waals surface area contributed by atoms with Crippen LogP contribution in [0.2, 0.25) is 0 Å². The first-order chi connectivity index (χ1) is 22.0. The smallest absolute Gasteiger partial charge is 0.164 e. The van der Waals surface area contributed by atoms with Gasteiger partial charge >= 0.3 is 0 Å². The summed E-state index contributed by atoms with van der Waals surface area (Å²) in [4.78, 5) is 15.4. The molecule has 1 aromatic heterocycles. The maximum absolute atomic E-state index is 5.17. The standard InChI is InChI=1S/C42H29N3/c1-42(2)37-17-8-7-15-33(37)34-23-22-28-19-21-31(25-36(28)38(34)42)40-43-39(30-20-18-26-10-3-4-12-29(26)24-30)44-41(45-40)35-16-9-13-27-11-5-6-14-32(27)35/h3-25H,1-2H3. The van der Waals surface area contributed by atoms with Crippen LogP contribution in [0.4, 0.5) is 0 Å². The van der Waals surface area contributed by atoms with Gasteiger partial charge in [-0.25, -0.2) is 15.0 Å². The van der Waals surface area contributed by atoms with Crippen molar-refractivity contribution in [3.8, 4) is 45.3 Å². The third-order valence-corrected chi connectivity index (χ3v) is 9.47. The predicted octanol–water partition coefficient (Wildman–Crippen LogP) is 10.6. The summed E-state index contributed by atoms with van der Waals surface area (Å²) in [6.45, 7) is 4.67. The topological polar surface area (TPSA) is 38.7 Å². The molecular weight excluding hydrogens is 546 g/mol. The van der Waals surface area contributed by atoms with E-state index in [1.807, 2.05) is 0 Å². The van der Waals surface area contributed by atoms with Crippen molar-refractivity contribution in [1.82, 2.24) is 15.0 Å². The number of hydrogen-bond donors (Lipinski definition) is 0. The molecule has 9 rings (SSSR count). The van der Waals surface area contributed by atoms with E-state index in [4.69, 9.17) is 15.0 Å². The lowest BCUT2D eigenvalue weighted by atomic mass is 9.80. The Morgan fingerprint density at radius 2 is 0.978 bits per heavy atom. The van der Waals surface area contributed by atoms with Gasteiger partial charge in [-0.3, -0.25) is 0 Å². The highest BCUT2D eigenvalue weighted by Crippen LogP contribution is 2.51. The number of benzene rings is 7. The first kappa shape index (κ1) is 25.8. The molecule has 0 spiro atoms. The van der Waals surface area contributed by atoms with E-state index in [-0.39, 0.29) is 5.41 Å². The molecule has 212 valence electrons. The lowest BCUT2D eigenvalue weighted by Crippen LogP contribution is -2.15. The molecule has 7 aromatic carbocycles. The van der Waals surface area contributed by atoms with Crippen LogP contribution < -0.4 is 0 Å². The average molecular weight is 576 g/mol. The zero-order valence-electron chi connectivity index (χ0n) is 25.1. The molecule has 0 amide bonds. The van der Waals surface area contributed by atoms with Gasteiger partial charge in [-0.1, -0.05) is 141 Å². The highest BCUT2D eigenvalue weighted by atomic mass is 15.0. The number of aromatic nitrogens is 3. The molecule has 3 heteroatoms. The van der Waals surface area contributed by atoms with Crippen molar-refractivity contribution >= 4 is 32.3 Å². The highest BCUT2D eigenvalue weighted by molar-refractivity contribution is 5.99. The van der Waals surface area contributed by atoms with Crippen molar-refractivity contribution in [2.45, 2.75) is 19.3 Å². The van der Waals surface area contributed by atoms with E-state index in [1.165, 1.54) is 38.4 Å². The molecule has 0 radical (unpaired) electrons. The Kier molecular flexibility index (Phi) is 5.54. The van der Waals surface area contributed by atoms with Crippen LogP contribution in [-0.4, -0.2) is 15.0 Å². The van der Waals surface area contributed by atoms with Crippen LogP contribution in [0, 0.1) is 0 Å². The molecule has 1 aliphatic carbocycles. The zero-order chi connectivity index (χ0) is 30.1. The van der Waals surface area contributed by atoms with Crippen LogP contribution in [0.1, 0.15) is 25.0 Å². The summed E-state index contributed by atoms with van der Waals surface area (Å²) in [5.41, 5.74) is 8.19. The van der Waals surface area contributed by atoms with Crippen LogP contribution in [0.15, 0.2) is 140 Å². The van der Waals surface area contributed by atoms with Crippen LogP contribution in [0.25, 0.3) is 77.6 Å². The number of hydrogen-bond acceptors (Lipinski definition) is 3. The second-order valence-electron chi connectivity index (χ2n) is 12.5. The van der Waals surface area contributed by atoms with E-state index in [1.54, 1.807) is 0 Å². The lowest BCUT2D eigenvalue weighted by molar-refractivity contribution is 0.666. The minimum absolute atomic E-state index is 0.118. The summed E-state index contributed by atoms with van der Waals surface area (Å²) in [6, 6.07) is 49.5. The minimum atomic E-state index is -0.118. The normalized spacial score (nSPS) is 13.3. The largest absolute Gasteiger partial charge is 0.208 e. The Labute approximate surface area is 261 Å². The van der Waals surface area contributed by atoms with Gasteiger partial charge in [-0.05, 0) is 66.7 Å². The summed E-state index contributed by atoms with van der Waals surface area (Å²) < 4.78 is 0. The van der Waals surface area contributed by atoms with Gasteiger partial charge in [0, 0.05) is 22.1 Å². The van der Waals surface area contributed by atoms with Crippen molar-refractivity contribution in [3.63, 3.8) is 0 Å². The first-order valence-corrected chi connectivity index (χ1v) is 15.5. The van der Waals surface area contributed by atoms with E-state index in [0.29, 0.717) is 17.5 Å². The van der Waals surface area contributed by atoms with Crippen LogP contribution >= 0.6 is 0 Å². The maximum atomic E-state index is 5.17. The van der Waals surface area contributed by atoms with Crippen molar-refractivity contribution in [1.29, 1.82) is 0 Å². The van der Waals surface area contributed by atoms with Gasteiger partial charge in [0.25, 0.3) is 0 Å². The first-order valence-electron chi connectivity index (χ1n) is 15.5. The van der Waals surface area contributed by atoms with Crippen molar-refractivity contribution in [2.24, 2.45) is 0 Å². The number of fused-ring (bicyclic) bond motifs is 7. The molecule has 0 N–H and O–H groups in total. The fraction of sp³-hybridized carbons (Fsp3) is 0.0714. The molecule has 0 saturated heterocycles. The van der Waals surface area contributed by atoms with Gasteiger partial charge in [0.05, 0.1) is 0 Å². The fourth-order valence-corrected chi connectivity index (χ4v) is 7.26. The molecule has 0 aliphatic heterocycles. The zero-order valence-corrected chi connectivity index (χ0v) is 25.1. The van der Waals surface area contributed by atoms with Crippen molar-refractivity contribution in [2.75, 3.05) is 0 Å². The van der Waals surface area contributed by atoms with Gasteiger partial charge in [0.1, 0.15) is 0 Å². The van der Waals surface area contributed by atoms with Crippen molar-refractivity contribution < 1.29 is 0 Å². The van der Waals surface area contributed by atoms with Gasteiger partial charge in [-0.15, -0.1) is 0 Å². The summed E-state index contributed by atoms with van der Waals surface area (Å²) >= 11 is 0. The Balaban J connectivity index is 1.29. The van der Waals surface area contributed by atoms with Gasteiger partial charge in [0.2, 0.25) is 0 Å². The highest BCUT2D eigenvalue weighted by Gasteiger charge is 2.36. The molecular formula is C42H29N3. The average Bonchev–Trinajstić information content (AvgIpc) is 3.34. The molecule has 1 heterocycles. The van der Waals surface area contributed by atoms with E-state index >= 15 is 0 Å². The van der Waals surface area contributed by atoms with Gasteiger partial charge < -0.3 is 0 Å². The SMILES string of the molecule is CC1(C)c2ccccc2-c2ccc3ccc(-c4nc(-c5ccc6ccccc6c5)nc(-c5cccc6ccccc56)n4)cc3c21. The Morgan fingerprint density at radius 3 is 1.82 bits per heavy atom. The molecule has 45 heavy (non-hydrogen) atoms. The monoisotopic (exact) mass is 575 g/mol. The maximum Gasteiger partial charge on any atom is 0.164 e. The lowest BCUT2D eigenvalue weighted by Gasteiger charge is -2.23. The van der Waals surface area contributed by atoms with E-state index < -0.39 is 0 Å². The molecule has 0 bridgehead atoms. The predicted molar refractivity (Wildman–Crippen MR) is 186 cm³/mol. The second-order valence-corrected chi connectivity index (χ2v) is 12.5. The fourth-order valence-electron chi connectivity index (χ4n) is 7.26. The molecule has 0 atom stereocenters.